The highest BCUT2D eigenvalue weighted by atomic mass is 16.2. The Hall–Kier alpha value is -1.55. The van der Waals surface area contributed by atoms with Gasteiger partial charge in [-0.2, -0.15) is 0 Å². The van der Waals surface area contributed by atoms with Crippen LogP contribution in [0.4, 0.5) is 10.5 Å². The molecule has 0 spiro atoms. The summed E-state index contributed by atoms with van der Waals surface area (Å²) >= 11 is 0. The molecule has 16 heavy (non-hydrogen) atoms. The average molecular weight is 221 g/mol. The number of hydrogen-bond acceptors (Lipinski definition) is 2. The largest absolute Gasteiger partial charge is 0.341 e. The first-order valence-electron chi connectivity index (χ1n) is 5.43. The smallest absolute Gasteiger partial charge is 0.318 e. The Morgan fingerprint density at radius 3 is 2.75 bits per heavy atom. The van der Waals surface area contributed by atoms with E-state index in [0.29, 0.717) is 6.04 Å². The van der Waals surface area contributed by atoms with Crippen molar-refractivity contribution >= 4 is 11.7 Å². The predicted octanol–water partition coefficient (Wildman–Crippen LogP) is 1.94. The van der Waals surface area contributed by atoms with Crippen LogP contribution in [-0.2, 0) is 6.54 Å². The summed E-state index contributed by atoms with van der Waals surface area (Å²) in [5.74, 6) is 0. The van der Waals surface area contributed by atoms with Crippen LogP contribution in [0.5, 0.6) is 0 Å². The lowest BCUT2D eigenvalue weighted by Crippen LogP contribution is -2.25. The number of carbonyl (C=O) groups is 1. The van der Waals surface area contributed by atoms with Gasteiger partial charge in [0, 0.05) is 25.3 Å². The molecule has 1 rings (SSSR count). The highest BCUT2D eigenvalue weighted by Crippen LogP contribution is 2.10. The highest BCUT2D eigenvalue weighted by molar-refractivity contribution is 5.89. The van der Waals surface area contributed by atoms with E-state index in [9.17, 15) is 4.79 Å². The van der Waals surface area contributed by atoms with Gasteiger partial charge in [-0.3, -0.25) is 0 Å². The first-order chi connectivity index (χ1) is 7.61. The second-order valence-electron chi connectivity index (χ2n) is 3.94. The molecule has 0 bridgehead atoms. The van der Waals surface area contributed by atoms with E-state index in [4.69, 9.17) is 0 Å². The van der Waals surface area contributed by atoms with E-state index in [0.717, 1.165) is 17.8 Å². The van der Waals surface area contributed by atoms with Crippen molar-refractivity contribution in [1.82, 2.24) is 10.6 Å². The second-order valence-corrected chi connectivity index (χ2v) is 3.94. The Morgan fingerprint density at radius 2 is 2.12 bits per heavy atom. The number of amides is 2. The van der Waals surface area contributed by atoms with Crippen LogP contribution >= 0.6 is 0 Å². The molecule has 0 saturated heterocycles. The van der Waals surface area contributed by atoms with Crippen LogP contribution in [0, 0.1) is 0 Å². The molecule has 0 atom stereocenters. The summed E-state index contributed by atoms with van der Waals surface area (Å²) in [4.78, 5) is 11.1. The van der Waals surface area contributed by atoms with E-state index in [1.807, 2.05) is 24.3 Å². The summed E-state index contributed by atoms with van der Waals surface area (Å²) in [6.07, 6.45) is 0. The van der Waals surface area contributed by atoms with Crippen molar-refractivity contribution in [1.29, 1.82) is 0 Å². The Kier molecular flexibility index (Phi) is 4.79. The van der Waals surface area contributed by atoms with Gasteiger partial charge < -0.3 is 16.0 Å². The summed E-state index contributed by atoms with van der Waals surface area (Å²) in [7, 11) is 1.60. The van der Waals surface area contributed by atoms with Gasteiger partial charge in [-0.25, -0.2) is 4.79 Å². The third-order valence-corrected chi connectivity index (χ3v) is 2.13. The lowest BCUT2D eigenvalue weighted by molar-refractivity contribution is 0.254. The number of anilines is 1. The van der Waals surface area contributed by atoms with Crippen molar-refractivity contribution in [2.45, 2.75) is 26.4 Å². The first kappa shape index (κ1) is 12.5. The maximum Gasteiger partial charge on any atom is 0.318 e. The molecule has 0 aromatic heterocycles. The van der Waals surface area contributed by atoms with Gasteiger partial charge >= 0.3 is 6.03 Å². The first-order valence-corrected chi connectivity index (χ1v) is 5.43. The number of urea groups is 1. The van der Waals surface area contributed by atoms with E-state index >= 15 is 0 Å². The van der Waals surface area contributed by atoms with Gasteiger partial charge in [0.25, 0.3) is 0 Å². The summed E-state index contributed by atoms with van der Waals surface area (Å²) in [6.45, 7) is 5.01. The van der Waals surface area contributed by atoms with E-state index < -0.39 is 0 Å². The molecule has 0 saturated carbocycles. The molecule has 0 fully saturated rings. The van der Waals surface area contributed by atoms with Gasteiger partial charge in [0.2, 0.25) is 0 Å². The summed E-state index contributed by atoms with van der Waals surface area (Å²) in [5.41, 5.74) is 1.96. The molecule has 0 radical (unpaired) electrons. The minimum Gasteiger partial charge on any atom is -0.341 e. The van der Waals surface area contributed by atoms with E-state index in [2.05, 4.69) is 29.8 Å². The molecule has 1 aromatic rings. The molecule has 88 valence electrons. The van der Waals surface area contributed by atoms with Crippen LogP contribution in [0.1, 0.15) is 19.4 Å². The lowest BCUT2D eigenvalue weighted by Gasteiger charge is -2.10. The summed E-state index contributed by atoms with van der Waals surface area (Å²) in [6, 6.07) is 8.05. The zero-order valence-corrected chi connectivity index (χ0v) is 10.0. The zero-order chi connectivity index (χ0) is 12.0. The van der Waals surface area contributed by atoms with Gasteiger partial charge in [0.1, 0.15) is 0 Å². The number of rotatable bonds is 4. The molecule has 0 aliphatic rings. The number of nitrogens with one attached hydrogen (secondary N) is 3. The molecule has 1 aromatic carbocycles. The van der Waals surface area contributed by atoms with Crippen molar-refractivity contribution in [2.75, 3.05) is 12.4 Å². The van der Waals surface area contributed by atoms with Crippen molar-refractivity contribution in [2.24, 2.45) is 0 Å². The molecule has 2 amide bonds. The Morgan fingerprint density at radius 1 is 1.38 bits per heavy atom. The Balaban J connectivity index is 2.60. The lowest BCUT2D eigenvalue weighted by atomic mass is 10.2. The summed E-state index contributed by atoms with van der Waals surface area (Å²) < 4.78 is 0. The van der Waals surface area contributed by atoms with Crippen molar-refractivity contribution in [3.05, 3.63) is 29.8 Å². The quantitative estimate of drug-likeness (QED) is 0.727. The molecule has 3 N–H and O–H groups in total. The van der Waals surface area contributed by atoms with E-state index in [1.165, 1.54) is 0 Å². The zero-order valence-electron chi connectivity index (χ0n) is 10.0. The van der Waals surface area contributed by atoms with E-state index in [1.54, 1.807) is 7.05 Å². The number of benzene rings is 1. The standard InChI is InChI=1S/C12H19N3O/c1-9(2)14-8-10-5-4-6-11(7-10)15-12(16)13-3/h4-7,9,14H,8H2,1-3H3,(H2,13,15,16). The van der Waals surface area contributed by atoms with Crippen molar-refractivity contribution < 1.29 is 4.79 Å². The minimum absolute atomic E-state index is 0.200. The Bertz CT molecular complexity index is 350. The van der Waals surface area contributed by atoms with Gasteiger partial charge in [-0.1, -0.05) is 26.0 Å². The topological polar surface area (TPSA) is 53.2 Å². The average Bonchev–Trinajstić information content (AvgIpc) is 2.26. The number of hydrogen-bond donors (Lipinski definition) is 3. The van der Waals surface area contributed by atoms with Gasteiger partial charge in [-0.15, -0.1) is 0 Å². The van der Waals surface area contributed by atoms with Crippen molar-refractivity contribution in [3.63, 3.8) is 0 Å². The van der Waals surface area contributed by atoms with Gasteiger partial charge in [-0.05, 0) is 17.7 Å². The fourth-order valence-electron chi connectivity index (χ4n) is 1.27. The number of carbonyl (C=O) groups excluding carboxylic acids is 1. The fourth-order valence-corrected chi connectivity index (χ4v) is 1.27. The fraction of sp³-hybridized carbons (Fsp3) is 0.417. The van der Waals surface area contributed by atoms with Gasteiger partial charge in [0.15, 0.2) is 0 Å². The minimum atomic E-state index is -0.200. The second kappa shape index (κ2) is 6.12. The monoisotopic (exact) mass is 221 g/mol. The molecule has 0 aliphatic heterocycles. The van der Waals surface area contributed by atoms with Crippen molar-refractivity contribution in [3.8, 4) is 0 Å². The van der Waals surface area contributed by atoms with Crippen LogP contribution in [0.3, 0.4) is 0 Å². The normalized spacial score (nSPS) is 10.2. The van der Waals surface area contributed by atoms with Crippen LogP contribution in [0.25, 0.3) is 0 Å². The Labute approximate surface area is 96.4 Å². The molecule has 4 heteroatoms. The molecule has 4 nitrogen and oxygen atoms in total. The van der Waals surface area contributed by atoms with Crippen LogP contribution in [0.2, 0.25) is 0 Å². The van der Waals surface area contributed by atoms with Crippen LogP contribution in [0.15, 0.2) is 24.3 Å². The van der Waals surface area contributed by atoms with Crippen LogP contribution in [-0.4, -0.2) is 19.1 Å². The third kappa shape index (κ3) is 4.31. The van der Waals surface area contributed by atoms with E-state index in [-0.39, 0.29) is 6.03 Å². The van der Waals surface area contributed by atoms with Gasteiger partial charge in [0.05, 0.1) is 0 Å². The SMILES string of the molecule is CNC(=O)Nc1cccc(CNC(C)C)c1. The molecule has 0 heterocycles. The molecule has 0 aliphatic carbocycles. The molecular formula is C12H19N3O. The maximum atomic E-state index is 11.1. The summed E-state index contributed by atoms with van der Waals surface area (Å²) in [5, 5.41) is 8.59. The highest BCUT2D eigenvalue weighted by Gasteiger charge is 2.00. The predicted molar refractivity (Wildman–Crippen MR) is 66.5 cm³/mol. The molecule has 0 unspecified atom stereocenters. The molecular weight excluding hydrogens is 202 g/mol. The maximum absolute atomic E-state index is 11.1. The third-order valence-electron chi connectivity index (χ3n) is 2.13. The van der Waals surface area contributed by atoms with Crippen LogP contribution < -0.4 is 16.0 Å².